The minimum Gasteiger partial charge on any atom is -0.352 e. The fourth-order valence-electron chi connectivity index (χ4n) is 4.05. The minimum absolute atomic E-state index is 0.0197. The molecular weight excluding hydrogens is 541 g/mol. The Bertz CT molecular complexity index is 1370. The molecule has 2 atom stereocenters. The fraction of sp³-hybridized carbons (Fsp3) is 0.310. The van der Waals surface area contributed by atoms with Crippen molar-refractivity contribution in [3.05, 3.63) is 101 Å². The van der Waals surface area contributed by atoms with E-state index >= 15 is 0 Å². The summed E-state index contributed by atoms with van der Waals surface area (Å²) in [5, 5.41) is 3.44. The molecule has 0 aliphatic heterocycles. The fourth-order valence-corrected chi connectivity index (χ4v) is 5.11. The molecule has 0 saturated carbocycles. The number of benzene rings is 3. The molecule has 0 spiro atoms. The SMILES string of the molecule is CC[C@H](C)NC(=O)[C@@H](Cc1ccccc1)N(Cc1cccc(Cl)c1)C(=O)CN(c1ccc(F)cc1)S(C)(=O)=O. The molecule has 3 aromatic rings. The van der Waals surface area contributed by atoms with E-state index in [-0.39, 0.29) is 30.6 Å². The van der Waals surface area contributed by atoms with Crippen molar-refractivity contribution in [3.63, 3.8) is 0 Å². The first-order valence-corrected chi connectivity index (χ1v) is 14.8. The van der Waals surface area contributed by atoms with Crippen molar-refractivity contribution >= 4 is 39.1 Å². The third-order valence-corrected chi connectivity index (χ3v) is 7.68. The van der Waals surface area contributed by atoms with Gasteiger partial charge in [0, 0.05) is 24.0 Å². The van der Waals surface area contributed by atoms with Crippen LogP contribution in [0, 0.1) is 5.82 Å². The first-order valence-electron chi connectivity index (χ1n) is 12.6. The molecule has 0 aliphatic rings. The monoisotopic (exact) mass is 573 g/mol. The molecule has 0 saturated heterocycles. The molecule has 2 amide bonds. The van der Waals surface area contributed by atoms with Crippen LogP contribution in [0.15, 0.2) is 78.9 Å². The van der Waals surface area contributed by atoms with Gasteiger partial charge in [0.1, 0.15) is 18.4 Å². The van der Waals surface area contributed by atoms with Gasteiger partial charge in [-0.15, -0.1) is 0 Å². The number of halogens is 2. The third-order valence-electron chi connectivity index (χ3n) is 6.31. The Labute approximate surface area is 234 Å². The number of carbonyl (C=O) groups is 2. The van der Waals surface area contributed by atoms with Crippen molar-refractivity contribution in [2.75, 3.05) is 17.1 Å². The van der Waals surface area contributed by atoms with Gasteiger partial charge in [-0.3, -0.25) is 13.9 Å². The van der Waals surface area contributed by atoms with Gasteiger partial charge in [0.15, 0.2) is 0 Å². The van der Waals surface area contributed by atoms with Gasteiger partial charge in [-0.25, -0.2) is 12.8 Å². The Morgan fingerprint density at radius 2 is 1.62 bits per heavy atom. The molecule has 39 heavy (non-hydrogen) atoms. The number of nitrogens with one attached hydrogen (secondary N) is 1. The van der Waals surface area contributed by atoms with Crippen molar-refractivity contribution in [1.29, 1.82) is 0 Å². The number of hydrogen-bond donors (Lipinski definition) is 1. The standard InChI is InChI=1S/C29H33ClFN3O4S/c1-4-21(2)32-29(36)27(18-22-9-6-5-7-10-22)33(19-23-11-8-12-24(30)17-23)28(35)20-34(39(3,37)38)26-15-13-25(31)14-16-26/h5-17,21,27H,4,18-20H2,1-3H3,(H,32,36)/t21-,27+/m0/s1. The summed E-state index contributed by atoms with van der Waals surface area (Å²) in [6, 6.07) is 20.0. The number of amides is 2. The maximum Gasteiger partial charge on any atom is 0.244 e. The van der Waals surface area contributed by atoms with Gasteiger partial charge in [-0.05, 0) is 60.9 Å². The van der Waals surface area contributed by atoms with E-state index in [0.717, 1.165) is 28.3 Å². The Hall–Kier alpha value is -3.43. The van der Waals surface area contributed by atoms with Crippen molar-refractivity contribution in [3.8, 4) is 0 Å². The molecule has 0 bridgehead atoms. The second-order valence-corrected chi connectivity index (χ2v) is 11.8. The Kier molecular flexibility index (Phi) is 10.5. The van der Waals surface area contributed by atoms with Crippen LogP contribution in [0.2, 0.25) is 5.02 Å². The number of nitrogens with zero attached hydrogens (tertiary/aromatic N) is 2. The van der Waals surface area contributed by atoms with E-state index in [1.807, 2.05) is 44.2 Å². The van der Waals surface area contributed by atoms with Crippen LogP contribution in [0.3, 0.4) is 0 Å². The predicted octanol–water partition coefficient (Wildman–Crippen LogP) is 4.80. The third kappa shape index (κ3) is 8.80. The van der Waals surface area contributed by atoms with E-state index in [2.05, 4.69) is 5.32 Å². The predicted molar refractivity (Wildman–Crippen MR) is 152 cm³/mol. The average molecular weight is 574 g/mol. The Morgan fingerprint density at radius 1 is 0.974 bits per heavy atom. The molecule has 0 heterocycles. The molecule has 0 radical (unpaired) electrons. The van der Waals surface area contributed by atoms with E-state index in [9.17, 15) is 22.4 Å². The zero-order chi connectivity index (χ0) is 28.6. The summed E-state index contributed by atoms with van der Waals surface area (Å²) in [5.74, 6) is -1.48. The summed E-state index contributed by atoms with van der Waals surface area (Å²) in [6.07, 6.45) is 1.88. The minimum atomic E-state index is -3.93. The van der Waals surface area contributed by atoms with Crippen molar-refractivity contribution in [2.24, 2.45) is 0 Å². The molecule has 0 fully saturated rings. The topological polar surface area (TPSA) is 86.8 Å². The molecule has 3 rings (SSSR count). The highest BCUT2D eigenvalue weighted by molar-refractivity contribution is 7.92. The Morgan fingerprint density at radius 3 is 2.21 bits per heavy atom. The van der Waals surface area contributed by atoms with Gasteiger partial charge in [-0.1, -0.05) is 61.0 Å². The van der Waals surface area contributed by atoms with E-state index < -0.39 is 34.3 Å². The molecule has 0 aliphatic carbocycles. The van der Waals surface area contributed by atoms with E-state index in [4.69, 9.17) is 11.6 Å². The van der Waals surface area contributed by atoms with Crippen LogP contribution in [0.5, 0.6) is 0 Å². The lowest BCUT2D eigenvalue weighted by molar-refractivity contribution is -0.140. The van der Waals surface area contributed by atoms with E-state index in [0.29, 0.717) is 17.0 Å². The summed E-state index contributed by atoms with van der Waals surface area (Å²) in [7, 11) is -3.93. The number of carbonyl (C=O) groups excluding carboxylic acids is 2. The molecule has 1 N–H and O–H groups in total. The lowest BCUT2D eigenvalue weighted by atomic mass is 10.0. The van der Waals surface area contributed by atoms with E-state index in [1.54, 1.807) is 24.3 Å². The molecular formula is C29H33ClFN3O4S. The summed E-state index contributed by atoms with van der Waals surface area (Å²) >= 11 is 6.20. The van der Waals surface area contributed by atoms with Gasteiger partial charge < -0.3 is 10.2 Å². The number of rotatable bonds is 12. The number of sulfonamides is 1. The molecule has 10 heteroatoms. The highest BCUT2D eigenvalue weighted by Gasteiger charge is 2.33. The van der Waals surface area contributed by atoms with Crippen molar-refractivity contribution < 1.29 is 22.4 Å². The quantitative estimate of drug-likeness (QED) is 0.337. The molecule has 3 aromatic carbocycles. The van der Waals surface area contributed by atoms with Gasteiger partial charge in [-0.2, -0.15) is 0 Å². The average Bonchev–Trinajstić information content (AvgIpc) is 2.89. The number of hydrogen-bond acceptors (Lipinski definition) is 4. The van der Waals surface area contributed by atoms with Gasteiger partial charge in [0.2, 0.25) is 21.8 Å². The summed E-state index contributed by atoms with van der Waals surface area (Å²) in [6.45, 7) is 3.26. The van der Waals surface area contributed by atoms with Crippen LogP contribution in [0.1, 0.15) is 31.4 Å². The molecule has 7 nitrogen and oxygen atoms in total. The summed E-state index contributed by atoms with van der Waals surface area (Å²) < 4.78 is 39.9. The largest absolute Gasteiger partial charge is 0.352 e. The highest BCUT2D eigenvalue weighted by atomic mass is 35.5. The van der Waals surface area contributed by atoms with Crippen LogP contribution in [0.4, 0.5) is 10.1 Å². The van der Waals surface area contributed by atoms with Crippen LogP contribution >= 0.6 is 11.6 Å². The lowest BCUT2D eigenvalue weighted by Gasteiger charge is -2.34. The van der Waals surface area contributed by atoms with Crippen LogP contribution < -0.4 is 9.62 Å². The van der Waals surface area contributed by atoms with Crippen molar-refractivity contribution in [2.45, 2.75) is 45.3 Å². The summed E-state index contributed by atoms with van der Waals surface area (Å²) in [4.78, 5) is 28.9. The lowest BCUT2D eigenvalue weighted by Crippen LogP contribution is -2.54. The number of anilines is 1. The smallest absolute Gasteiger partial charge is 0.244 e. The van der Waals surface area contributed by atoms with Gasteiger partial charge in [0.05, 0.1) is 11.9 Å². The van der Waals surface area contributed by atoms with Gasteiger partial charge in [0.25, 0.3) is 0 Å². The molecule has 208 valence electrons. The van der Waals surface area contributed by atoms with Crippen LogP contribution in [-0.4, -0.2) is 50.0 Å². The maximum absolute atomic E-state index is 14.0. The van der Waals surface area contributed by atoms with Crippen molar-refractivity contribution in [1.82, 2.24) is 10.2 Å². The maximum atomic E-state index is 14.0. The molecule has 0 aromatic heterocycles. The second-order valence-electron chi connectivity index (χ2n) is 9.42. The summed E-state index contributed by atoms with van der Waals surface area (Å²) in [5.41, 5.74) is 1.65. The van der Waals surface area contributed by atoms with Crippen LogP contribution in [0.25, 0.3) is 0 Å². The molecule has 0 unspecified atom stereocenters. The second kappa shape index (κ2) is 13.6. The van der Waals surface area contributed by atoms with Gasteiger partial charge >= 0.3 is 0 Å². The zero-order valence-electron chi connectivity index (χ0n) is 22.2. The zero-order valence-corrected chi connectivity index (χ0v) is 23.8. The normalized spacial score (nSPS) is 12.8. The first-order chi connectivity index (χ1) is 18.5. The van der Waals surface area contributed by atoms with E-state index in [1.165, 1.54) is 17.0 Å². The Balaban J connectivity index is 2.05. The highest BCUT2D eigenvalue weighted by Crippen LogP contribution is 2.21. The first kappa shape index (κ1) is 30.1. The van der Waals surface area contributed by atoms with Crippen LogP contribution in [-0.2, 0) is 32.6 Å².